The summed E-state index contributed by atoms with van der Waals surface area (Å²) in [6, 6.07) is 2.01. The van der Waals surface area contributed by atoms with Gasteiger partial charge in [0.05, 0.1) is 11.6 Å². The first-order valence-electron chi connectivity index (χ1n) is 4.90. The van der Waals surface area contributed by atoms with Crippen LogP contribution in [0.2, 0.25) is 0 Å². The topological polar surface area (TPSA) is 29.4 Å². The molecule has 0 saturated heterocycles. The number of Topliss-reactive ketones (excluding diaryl/α,β-unsaturated/α-hetero) is 1. The first-order chi connectivity index (χ1) is 7.02. The third kappa shape index (κ3) is 1.55. The Morgan fingerprint density at radius 2 is 2.07 bits per heavy atom. The Balaban J connectivity index is 2.78. The Bertz CT molecular complexity index is 477. The van der Waals surface area contributed by atoms with Crippen LogP contribution in [-0.2, 0) is 0 Å². The number of benzene rings is 1. The fourth-order valence-corrected chi connectivity index (χ4v) is 2.41. The van der Waals surface area contributed by atoms with Gasteiger partial charge in [0, 0.05) is 16.3 Å². The highest BCUT2D eigenvalue weighted by Crippen LogP contribution is 2.37. The van der Waals surface area contributed by atoms with Crippen LogP contribution in [0.5, 0.6) is 0 Å². The zero-order valence-electron chi connectivity index (χ0n) is 8.97. The van der Waals surface area contributed by atoms with E-state index in [4.69, 9.17) is 0 Å². The Morgan fingerprint density at radius 3 is 2.73 bits per heavy atom. The Kier molecular flexibility index (Phi) is 2.51. The molecule has 1 unspecified atom stereocenters. The molecule has 1 aliphatic heterocycles. The van der Waals surface area contributed by atoms with Crippen molar-refractivity contribution in [1.29, 1.82) is 0 Å². The minimum Gasteiger partial charge on any atom is -0.293 e. The number of ketones is 1. The van der Waals surface area contributed by atoms with Crippen LogP contribution in [0.1, 0.15) is 28.4 Å². The first-order valence-corrected chi connectivity index (χ1v) is 5.69. The van der Waals surface area contributed by atoms with E-state index < -0.39 is 0 Å². The van der Waals surface area contributed by atoms with Crippen molar-refractivity contribution in [3.8, 4) is 0 Å². The van der Waals surface area contributed by atoms with E-state index in [0.717, 1.165) is 26.9 Å². The van der Waals surface area contributed by atoms with Crippen LogP contribution in [0.15, 0.2) is 15.5 Å². The molecule has 15 heavy (non-hydrogen) atoms. The van der Waals surface area contributed by atoms with E-state index in [0.29, 0.717) is 0 Å². The minimum atomic E-state index is -0.107. The van der Waals surface area contributed by atoms with Crippen LogP contribution < -0.4 is 0 Å². The van der Waals surface area contributed by atoms with E-state index >= 15 is 0 Å². The largest absolute Gasteiger partial charge is 0.293 e. The highest BCUT2D eigenvalue weighted by atomic mass is 79.9. The Morgan fingerprint density at radius 1 is 1.40 bits per heavy atom. The fraction of sp³-hybridized carbons (Fsp3) is 0.333. The van der Waals surface area contributed by atoms with E-state index in [1.54, 1.807) is 6.21 Å². The Labute approximate surface area is 97.5 Å². The van der Waals surface area contributed by atoms with Crippen molar-refractivity contribution in [3.05, 3.63) is 27.2 Å². The molecule has 0 aliphatic carbocycles. The lowest BCUT2D eigenvalue weighted by Crippen LogP contribution is -2.18. The van der Waals surface area contributed by atoms with Crippen LogP contribution in [0, 0.1) is 19.8 Å². The van der Waals surface area contributed by atoms with Crippen LogP contribution in [0.4, 0.5) is 5.69 Å². The maximum absolute atomic E-state index is 12.0. The van der Waals surface area contributed by atoms with Crippen molar-refractivity contribution in [2.24, 2.45) is 10.9 Å². The highest BCUT2D eigenvalue weighted by Gasteiger charge is 2.25. The van der Waals surface area contributed by atoms with Crippen LogP contribution in [0.25, 0.3) is 0 Å². The molecule has 1 atom stereocenters. The summed E-state index contributed by atoms with van der Waals surface area (Å²) in [5, 5.41) is 0. The smallest absolute Gasteiger partial charge is 0.173 e. The molecular formula is C12H12BrNO. The molecule has 78 valence electrons. The average Bonchev–Trinajstić information content (AvgIpc) is 2.19. The van der Waals surface area contributed by atoms with Crippen molar-refractivity contribution in [2.75, 3.05) is 0 Å². The third-order valence-electron chi connectivity index (χ3n) is 2.86. The second-order valence-electron chi connectivity index (χ2n) is 3.95. The molecule has 2 rings (SSSR count). The van der Waals surface area contributed by atoms with E-state index in [9.17, 15) is 4.79 Å². The summed E-state index contributed by atoms with van der Waals surface area (Å²) in [5.74, 6) is 0.0619. The summed E-state index contributed by atoms with van der Waals surface area (Å²) in [6.07, 6.45) is 1.71. The first kappa shape index (κ1) is 10.6. The number of fused-ring (bicyclic) bond motifs is 1. The molecule has 0 aromatic heterocycles. The fourth-order valence-electron chi connectivity index (χ4n) is 1.77. The molecule has 0 N–H and O–H groups in total. The summed E-state index contributed by atoms with van der Waals surface area (Å²) in [5.41, 5.74) is 3.72. The molecule has 0 amide bonds. The summed E-state index contributed by atoms with van der Waals surface area (Å²) < 4.78 is 0.900. The van der Waals surface area contributed by atoms with Gasteiger partial charge in [-0.3, -0.25) is 9.79 Å². The standard InChI is InChI=1S/C12H12BrNO/c1-6-4-9(13)11-10(8(6)3)12(15)7(2)5-14-11/h4-5,7H,1-3H3. The van der Waals surface area contributed by atoms with Gasteiger partial charge in [0.25, 0.3) is 0 Å². The number of aryl methyl sites for hydroxylation is 1. The summed E-state index contributed by atoms with van der Waals surface area (Å²) >= 11 is 3.45. The summed E-state index contributed by atoms with van der Waals surface area (Å²) in [6.45, 7) is 5.87. The molecule has 1 aliphatic rings. The van der Waals surface area contributed by atoms with Crippen molar-refractivity contribution in [2.45, 2.75) is 20.8 Å². The third-order valence-corrected chi connectivity index (χ3v) is 3.46. The molecule has 0 bridgehead atoms. The maximum atomic E-state index is 12.0. The molecule has 0 fully saturated rings. The van der Waals surface area contributed by atoms with Crippen molar-refractivity contribution in [1.82, 2.24) is 0 Å². The van der Waals surface area contributed by atoms with Crippen LogP contribution in [0.3, 0.4) is 0 Å². The van der Waals surface area contributed by atoms with Gasteiger partial charge in [-0.05, 0) is 47.0 Å². The van der Waals surface area contributed by atoms with Gasteiger partial charge in [0.15, 0.2) is 5.78 Å². The number of hydrogen-bond donors (Lipinski definition) is 0. The second kappa shape index (κ2) is 3.56. The molecule has 1 aromatic carbocycles. The Hall–Kier alpha value is -0.960. The molecule has 2 nitrogen and oxygen atoms in total. The van der Waals surface area contributed by atoms with E-state index in [-0.39, 0.29) is 11.7 Å². The molecule has 0 saturated carbocycles. The molecule has 1 heterocycles. The molecule has 0 spiro atoms. The van der Waals surface area contributed by atoms with Gasteiger partial charge in [-0.25, -0.2) is 0 Å². The number of rotatable bonds is 0. The summed E-state index contributed by atoms with van der Waals surface area (Å²) in [7, 11) is 0. The van der Waals surface area contributed by atoms with Gasteiger partial charge in [0.2, 0.25) is 0 Å². The molecular weight excluding hydrogens is 254 g/mol. The normalized spacial score (nSPS) is 19.2. The lowest BCUT2D eigenvalue weighted by atomic mass is 9.90. The van der Waals surface area contributed by atoms with E-state index in [2.05, 4.69) is 20.9 Å². The van der Waals surface area contributed by atoms with Gasteiger partial charge in [0.1, 0.15) is 0 Å². The maximum Gasteiger partial charge on any atom is 0.173 e. The molecule has 0 radical (unpaired) electrons. The SMILES string of the molecule is Cc1cc(Br)c2c(c1C)C(=O)C(C)C=N2. The van der Waals surface area contributed by atoms with Crippen LogP contribution in [-0.4, -0.2) is 12.0 Å². The monoisotopic (exact) mass is 265 g/mol. The lowest BCUT2D eigenvalue weighted by Gasteiger charge is -2.18. The zero-order valence-corrected chi connectivity index (χ0v) is 10.6. The van der Waals surface area contributed by atoms with Gasteiger partial charge in [-0.15, -0.1) is 0 Å². The van der Waals surface area contributed by atoms with Crippen LogP contribution >= 0.6 is 15.9 Å². The van der Waals surface area contributed by atoms with Crippen molar-refractivity contribution in [3.63, 3.8) is 0 Å². The number of nitrogens with zero attached hydrogens (tertiary/aromatic N) is 1. The predicted molar refractivity (Wildman–Crippen MR) is 65.3 cm³/mol. The van der Waals surface area contributed by atoms with Crippen molar-refractivity contribution < 1.29 is 4.79 Å². The van der Waals surface area contributed by atoms with Gasteiger partial charge < -0.3 is 0 Å². The van der Waals surface area contributed by atoms with E-state index in [1.165, 1.54) is 0 Å². The van der Waals surface area contributed by atoms with Crippen molar-refractivity contribution >= 4 is 33.6 Å². The molecule has 1 aromatic rings. The average molecular weight is 266 g/mol. The van der Waals surface area contributed by atoms with Gasteiger partial charge >= 0.3 is 0 Å². The quantitative estimate of drug-likeness (QED) is 0.705. The number of aliphatic imine (C=N–C) groups is 1. The van der Waals surface area contributed by atoms with Gasteiger partial charge in [-0.1, -0.05) is 6.92 Å². The number of carbonyl (C=O) groups is 1. The number of halogens is 1. The van der Waals surface area contributed by atoms with E-state index in [1.807, 2.05) is 26.8 Å². The summed E-state index contributed by atoms with van der Waals surface area (Å²) in [4.78, 5) is 16.4. The second-order valence-corrected chi connectivity index (χ2v) is 4.81. The highest BCUT2D eigenvalue weighted by molar-refractivity contribution is 9.10. The zero-order chi connectivity index (χ0) is 11.2. The van der Waals surface area contributed by atoms with Gasteiger partial charge in [-0.2, -0.15) is 0 Å². The minimum absolute atomic E-state index is 0.107. The molecule has 3 heteroatoms. The number of carbonyl (C=O) groups excluding carboxylic acids is 1. The number of hydrogen-bond acceptors (Lipinski definition) is 2. The lowest BCUT2D eigenvalue weighted by molar-refractivity contribution is 0.0961. The predicted octanol–water partition coefficient (Wildman–Crippen LogP) is 3.60.